The molecule has 0 aromatic carbocycles. The van der Waals surface area contributed by atoms with Gasteiger partial charge in [0, 0.05) is 0 Å². The maximum atomic E-state index is 11.1. The lowest BCUT2D eigenvalue weighted by molar-refractivity contribution is 0.0700. The molecule has 2 aromatic rings. The summed E-state index contributed by atoms with van der Waals surface area (Å²) in [6.45, 7) is 4.08. The molecule has 0 amide bonds. The van der Waals surface area contributed by atoms with Gasteiger partial charge in [0.15, 0.2) is 10.8 Å². The summed E-state index contributed by atoms with van der Waals surface area (Å²) in [5, 5.41) is 9.76. The summed E-state index contributed by atoms with van der Waals surface area (Å²) in [4.78, 5) is 15.8. The van der Waals surface area contributed by atoms with E-state index in [0.717, 1.165) is 11.3 Å². The van der Waals surface area contributed by atoms with E-state index in [0.29, 0.717) is 33.7 Å². The lowest BCUT2D eigenvalue weighted by atomic mass is 10.1. The normalized spacial score (nSPS) is 11.0. The molecule has 2 rings (SSSR count). The van der Waals surface area contributed by atoms with Gasteiger partial charge < -0.3 is 9.52 Å². The second kappa shape index (κ2) is 4.71. The van der Waals surface area contributed by atoms with Gasteiger partial charge in [-0.15, -0.1) is 11.3 Å². The zero-order valence-electron chi connectivity index (χ0n) is 9.64. The van der Waals surface area contributed by atoms with Crippen LogP contribution in [0.15, 0.2) is 22.8 Å². The van der Waals surface area contributed by atoms with Gasteiger partial charge in [-0.2, -0.15) is 0 Å². The van der Waals surface area contributed by atoms with E-state index in [4.69, 9.17) is 9.52 Å². The van der Waals surface area contributed by atoms with Gasteiger partial charge >= 0.3 is 5.97 Å². The van der Waals surface area contributed by atoms with E-state index in [1.807, 2.05) is 13.8 Å². The quantitative estimate of drug-likeness (QED) is 0.905. The van der Waals surface area contributed by atoms with Crippen molar-refractivity contribution in [3.63, 3.8) is 0 Å². The predicted molar refractivity (Wildman–Crippen MR) is 65.3 cm³/mol. The topological polar surface area (TPSA) is 63.3 Å². The standard InChI is InChI=1S/C12H13NO3S/c1-7(2)6-8-10(12(14)15)17-11(13-8)9-4-3-5-16-9/h3-5,7H,6H2,1-2H3,(H,14,15). The van der Waals surface area contributed by atoms with E-state index >= 15 is 0 Å². The van der Waals surface area contributed by atoms with Crippen LogP contribution in [0.5, 0.6) is 0 Å². The average molecular weight is 251 g/mol. The molecule has 90 valence electrons. The molecule has 17 heavy (non-hydrogen) atoms. The Balaban J connectivity index is 2.41. The van der Waals surface area contributed by atoms with E-state index in [2.05, 4.69) is 4.98 Å². The summed E-state index contributed by atoms with van der Waals surface area (Å²) in [5.41, 5.74) is 0.643. The Morgan fingerprint density at radius 3 is 2.88 bits per heavy atom. The Labute approximate surface area is 103 Å². The van der Waals surface area contributed by atoms with Crippen molar-refractivity contribution < 1.29 is 14.3 Å². The lowest BCUT2D eigenvalue weighted by Gasteiger charge is -2.01. The monoisotopic (exact) mass is 251 g/mol. The summed E-state index contributed by atoms with van der Waals surface area (Å²) >= 11 is 1.16. The van der Waals surface area contributed by atoms with Gasteiger partial charge in [-0.05, 0) is 24.5 Å². The van der Waals surface area contributed by atoms with Crippen molar-refractivity contribution in [2.75, 3.05) is 0 Å². The van der Waals surface area contributed by atoms with Gasteiger partial charge in [0.2, 0.25) is 0 Å². The maximum Gasteiger partial charge on any atom is 0.347 e. The van der Waals surface area contributed by atoms with Gasteiger partial charge in [-0.3, -0.25) is 0 Å². The predicted octanol–water partition coefficient (Wildman–Crippen LogP) is 3.30. The SMILES string of the molecule is CC(C)Cc1nc(-c2ccco2)sc1C(=O)O. The molecule has 0 saturated heterocycles. The Kier molecular flexibility index (Phi) is 3.28. The van der Waals surface area contributed by atoms with Crippen molar-refractivity contribution in [3.8, 4) is 10.8 Å². The van der Waals surface area contributed by atoms with Gasteiger partial charge in [-0.1, -0.05) is 13.8 Å². The molecule has 4 nitrogen and oxygen atoms in total. The summed E-state index contributed by atoms with van der Waals surface area (Å²) in [7, 11) is 0. The fraction of sp³-hybridized carbons (Fsp3) is 0.333. The highest BCUT2D eigenvalue weighted by atomic mass is 32.1. The third-order valence-corrected chi connectivity index (χ3v) is 3.33. The van der Waals surface area contributed by atoms with Crippen molar-refractivity contribution in [1.82, 2.24) is 4.98 Å². The average Bonchev–Trinajstić information content (AvgIpc) is 2.82. The third-order valence-electron chi connectivity index (χ3n) is 2.23. The summed E-state index contributed by atoms with van der Waals surface area (Å²) in [6.07, 6.45) is 2.22. The number of aromatic nitrogens is 1. The number of carboxylic acid groups (broad SMARTS) is 1. The van der Waals surface area contributed by atoms with Crippen LogP contribution in [-0.4, -0.2) is 16.1 Å². The molecule has 0 atom stereocenters. The highest BCUT2D eigenvalue weighted by Crippen LogP contribution is 2.29. The molecule has 2 heterocycles. The molecule has 5 heteroatoms. The third kappa shape index (κ3) is 2.55. The van der Waals surface area contributed by atoms with E-state index in [1.54, 1.807) is 18.4 Å². The Hall–Kier alpha value is -1.62. The largest absolute Gasteiger partial charge is 0.477 e. The number of carbonyl (C=O) groups is 1. The number of rotatable bonds is 4. The van der Waals surface area contributed by atoms with Crippen molar-refractivity contribution in [2.45, 2.75) is 20.3 Å². The summed E-state index contributed by atoms with van der Waals surface area (Å²) in [6, 6.07) is 3.54. The smallest absolute Gasteiger partial charge is 0.347 e. The van der Waals surface area contributed by atoms with E-state index in [-0.39, 0.29) is 0 Å². The zero-order chi connectivity index (χ0) is 12.4. The highest BCUT2D eigenvalue weighted by molar-refractivity contribution is 7.16. The van der Waals surface area contributed by atoms with Gasteiger partial charge in [0.05, 0.1) is 12.0 Å². The van der Waals surface area contributed by atoms with Crippen molar-refractivity contribution in [1.29, 1.82) is 0 Å². The van der Waals surface area contributed by atoms with Crippen LogP contribution in [0, 0.1) is 5.92 Å². The van der Waals surface area contributed by atoms with Crippen LogP contribution in [0.25, 0.3) is 10.8 Å². The second-order valence-electron chi connectivity index (χ2n) is 4.18. The first kappa shape index (κ1) is 11.9. The highest BCUT2D eigenvalue weighted by Gasteiger charge is 2.19. The van der Waals surface area contributed by atoms with Crippen LogP contribution in [0.2, 0.25) is 0 Å². The molecule has 0 aliphatic heterocycles. The Bertz CT molecular complexity index is 514. The zero-order valence-corrected chi connectivity index (χ0v) is 10.5. The van der Waals surface area contributed by atoms with Crippen molar-refractivity contribution in [3.05, 3.63) is 29.0 Å². The fourth-order valence-electron chi connectivity index (χ4n) is 1.55. The minimum Gasteiger partial charge on any atom is -0.477 e. The minimum atomic E-state index is -0.920. The minimum absolute atomic E-state index is 0.310. The Morgan fingerprint density at radius 1 is 1.59 bits per heavy atom. The maximum absolute atomic E-state index is 11.1. The van der Waals surface area contributed by atoms with Crippen LogP contribution >= 0.6 is 11.3 Å². The van der Waals surface area contributed by atoms with Gasteiger partial charge in [0.1, 0.15) is 4.88 Å². The first-order chi connectivity index (χ1) is 8.08. The number of hydrogen-bond acceptors (Lipinski definition) is 4. The number of carboxylic acids is 1. The van der Waals surface area contributed by atoms with Gasteiger partial charge in [0.25, 0.3) is 0 Å². The molecule has 1 N–H and O–H groups in total. The molecule has 0 fully saturated rings. The first-order valence-electron chi connectivity index (χ1n) is 5.34. The number of nitrogens with zero attached hydrogens (tertiary/aromatic N) is 1. The molecule has 0 unspecified atom stereocenters. The number of furan rings is 1. The second-order valence-corrected chi connectivity index (χ2v) is 5.17. The van der Waals surface area contributed by atoms with Crippen LogP contribution in [0.1, 0.15) is 29.2 Å². The van der Waals surface area contributed by atoms with E-state index < -0.39 is 5.97 Å². The first-order valence-corrected chi connectivity index (χ1v) is 6.16. The summed E-state index contributed by atoms with van der Waals surface area (Å²) in [5.74, 6) is 0.0723. The van der Waals surface area contributed by atoms with Crippen LogP contribution in [0.3, 0.4) is 0 Å². The van der Waals surface area contributed by atoms with Crippen LogP contribution < -0.4 is 0 Å². The Morgan fingerprint density at radius 2 is 2.35 bits per heavy atom. The molecule has 0 radical (unpaired) electrons. The molecular weight excluding hydrogens is 238 g/mol. The van der Waals surface area contributed by atoms with Crippen molar-refractivity contribution >= 4 is 17.3 Å². The number of aromatic carboxylic acids is 1. The number of thiazole rings is 1. The van der Waals surface area contributed by atoms with Crippen LogP contribution in [0.4, 0.5) is 0 Å². The lowest BCUT2D eigenvalue weighted by Crippen LogP contribution is -2.02. The molecule has 0 bridgehead atoms. The molecule has 0 aliphatic rings. The molecule has 2 aromatic heterocycles. The van der Waals surface area contributed by atoms with Gasteiger partial charge in [-0.25, -0.2) is 9.78 Å². The fourth-order valence-corrected chi connectivity index (χ4v) is 2.45. The molecule has 0 spiro atoms. The van der Waals surface area contributed by atoms with Crippen LogP contribution in [-0.2, 0) is 6.42 Å². The van der Waals surface area contributed by atoms with Crippen molar-refractivity contribution in [2.24, 2.45) is 5.92 Å². The molecular formula is C12H13NO3S. The molecule has 0 saturated carbocycles. The molecule has 0 aliphatic carbocycles. The summed E-state index contributed by atoms with van der Waals surface area (Å²) < 4.78 is 5.23. The van der Waals surface area contributed by atoms with E-state index in [1.165, 1.54) is 0 Å². The number of hydrogen-bond donors (Lipinski definition) is 1. The van der Waals surface area contributed by atoms with E-state index in [9.17, 15) is 4.79 Å².